The van der Waals surface area contributed by atoms with E-state index < -0.39 is 11.5 Å². The second-order valence-corrected chi connectivity index (χ2v) is 7.56. The number of hydrogen-bond donors (Lipinski definition) is 1. The average molecular weight is 448 g/mol. The summed E-state index contributed by atoms with van der Waals surface area (Å²) in [5.74, 6) is 0.0734. The Morgan fingerprint density at radius 1 is 1.14 bits per heavy atom. The third-order valence-electron chi connectivity index (χ3n) is 4.86. The molecule has 1 N–H and O–H groups in total. The maximum Gasteiger partial charge on any atom is 0.264 e. The zero-order chi connectivity index (χ0) is 20.5. The van der Waals surface area contributed by atoms with E-state index in [0.717, 1.165) is 10.9 Å². The van der Waals surface area contributed by atoms with E-state index in [4.69, 9.17) is 9.47 Å². The molecule has 0 saturated carbocycles. The molecule has 0 aromatic heterocycles. The molecule has 0 spiro atoms. The molecule has 0 fully saturated rings. The molecule has 0 saturated heterocycles. The molecule has 1 heterocycles. The van der Waals surface area contributed by atoms with Crippen LogP contribution in [0.1, 0.15) is 35.7 Å². The Balaban J connectivity index is 1.98. The summed E-state index contributed by atoms with van der Waals surface area (Å²) in [4.78, 5) is 27.5. The van der Waals surface area contributed by atoms with Gasteiger partial charge in [0.1, 0.15) is 0 Å². The van der Waals surface area contributed by atoms with Gasteiger partial charge in [0.2, 0.25) is 0 Å². The second-order valence-electron chi connectivity index (χ2n) is 6.65. The first-order valence-corrected chi connectivity index (χ1v) is 9.74. The Morgan fingerprint density at radius 2 is 1.86 bits per heavy atom. The summed E-state index contributed by atoms with van der Waals surface area (Å²) < 4.78 is 11.2. The molecule has 1 aliphatic heterocycles. The summed E-state index contributed by atoms with van der Waals surface area (Å²) in [6.07, 6.45) is 0.381. The van der Waals surface area contributed by atoms with Gasteiger partial charge in [0, 0.05) is 22.1 Å². The number of ketones is 1. The lowest BCUT2D eigenvalue weighted by molar-refractivity contribution is -0.135. The maximum absolute atomic E-state index is 13.0. The molecule has 1 aliphatic rings. The van der Waals surface area contributed by atoms with Crippen molar-refractivity contribution in [2.75, 3.05) is 25.7 Å². The normalized spacial score (nSPS) is 18.2. The molecule has 148 valence electrons. The van der Waals surface area contributed by atoms with Crippen molar-refractivity contribution in [1.82, 2.24) is 0 Å². The fraction of sp³-hybridized carbons (Fsp3) is 0.333. The van der Waals surface area contributed by atoms with Crippen molar-refractivity contribution in [1.29, 1.82) is 0 Å². The van der Waals surface area contributed by atoms with Crippen LogP contribution in [-0.2, 0) is 10.4 Å². The van der Waals surface area contributed by atoms with Gasteiger partial charge in [-0.2, -0.15) is 0 Å². The predicted molar refractivity (Wildman–Crippen MR) is 109 cm³/mol. The summed E-state index contributed by atoms with van der Waals surface area (Å²) in [6, 6.07) is 10.1. The zero-order valence-electron chi connectivity index (χ0n) is 16.0. The highest BCUT2D eigenvalue weighted by molar-refractivity contribution is 9.10. The summed E-state index contributed by atoms with van der Waals surface area (Å²) in [5.41, 5.74) is -0.491. The smallest absolute Gasteiger partial charge is 0.264 e. The van der Waals surface area contributed by atoms with Crippen LogP contribution in [0.5, 0.6) is 11.5 Å². The predicted octanol–water partition coefficient (Wildman–Crippen LogP) is 3.68. The number of Topliss-reactive ketones (excluding diaryl/α,β-unsaturated/α-hetero) is 1. The quantitative estimate of drug-likeness (QED) is 0.655. The number of nitrogens with zero attached hydrogens (tertiary/aromatic N) is 1. The number of aliphatic hydroxyl groups is 1. The molecule has 0 radical (unpaired) electrons. The number of carbonyl (C=O) groups is 2. The Hall–Kier alpha value is -2.38. The first-order chi connectivity index (χ1) is 13.3. The number of anilines is 1. The van der Waals surface area contributed by atoms with Gasteiger partial charge in [0.25, 0.3) is 5.91 Å². The minimum Gasteiger partial charge on any atom is -0.493 e. The van der Waals surface area contributed by atoms with Gasteiger partial charge in [0.05, 0.1) is 26.3 Å². The number of hydrogen-bond acceptors (Lipinski definition) is 5. The SMILES string of the molecule is CCCN1C(=O)[C@](O)(CC(=O)c2ccc(OC)c(OC)c2)c2cc(Br)ccc21. The number of carbonyl (C=O) groups excluding carboxylic acids is 2. The molecule has 1 atom stereocenters. The van der Waals surface area contributed by atoms with Gasteiger partial charge in [-0.15, -0.1) is 0 Å². The first-order valence-electron chi connectivity index (χ1n) is 8.95. The van der Waals surface area contributed by atoms with Crippen molar-refractivity contribution < 1.29 is 24.2 Å². The largest absolute Gasteiger partial charge is 0.493 e. The fourth-order valence-electron chi connectivity index (χ4n) is 3.48. The highest BCUT2D eigenvalue weighted by atomic mass is 79.9. The standard InChI is InChI=1S/C21H22BrNO5/c1-4-9-23-16-7-6-14(22)11-15(16)21(26,20(23)25)12-17(24)13-5-8-18(27-2)19(10-13)28-3/h5-8,10-11,26H,4,9,12H2,1-3H3/t21-/m0/s1. The number of ether oxygens (including phenoxy) is 2. The molecule has 0 bridgehead atoms. The number of halogens is 1. The van der Waals surface area contributed by atoms with Gasteiger partial charge in [-0.3, -0.25) is 9.59 Å². The number of benzene rings is 2. The Kier molecular flexibility index (Phi) is 5.76. The number of fused-ring (bicyclic) bond motifs is 1. The number of amides is 1. The average Bonchev–Trinajstić information content (AvgIpc) is 2.89. The molecule has 7 heteroatoms. The lowest BCUT2D eigenvalue weighted by Gasteiger charge is -2.22. The van der Waals surface area contributed by atoms with Gasteiger partial charge in [-0.25, -0.2) is 0 Å². The van der Waals surface area contributed by atoms with Gasteiger partial charge in [-0.05, 0) is 42.8 Å². The highest BCUT2D eigenvalue weighted by Crippen LogP contribution is 2.44. The zero-order valence-corrected chi connectivity index (χ0v) is 17.6. The lowest BCUT2D eigenvalue weighted by atomic mass is 9.88. The number of methoxy groups -OCH3 is 2. The number of rotatable bonds is 7. The molecule has 6 nitrogen and oxygen atoms in total. The van der Waals surface area contributed by atoms with E-state index in [1.807, 2.05) is 13.0 Å². The van der Waals surface area contributed by atoms with E-state index in [1.165, 1.54) is 14.2 Å². The van der Waals surface area contributed by atoms with Gasteiger partial charge in [-0.1, -0.05) is 22.9 Å². The third kappa shape index (κ3) is 3.40. The van der Waals surface area contributed by atoms with Crippen LogP contribution in [0.15, 0.2) is 40.9 Å². The molecule has 28 heavy (non-hydrogen) atoms. The molecule has 1 amide bonds. The van der Waals surface area contributed by atoms with Crippen LogP contribution in [-0.4, -0.2) is 37.6 Å². The third-order valence-corrected chi connectivity index (χ3v) is 5.36. The van der Waals surface area contributed by atoms with Crippen molar-refractivity contribution in [3.05, 3.63) is 52.0 Å². The molecule has 2 aromatic carbocycles. The molecular formula is C21H22BrNO5. The Bertz CT molecular complexity index is 929. The van der Waals surface area contributed by atoms with E-state index in [1.54, 1.807) is 35.2 Å². The van der Waals surface area contributed by atoms with Gasteiger partial charge >= 0.3 is 0 Å². The minimum atomic E-state index is -1.90. The van der Waals surface area contributed by atoms with Crippen LogP contribution in [0.4, 0.5) is 5.69 Å². The van der Waals surface area contributed by atoms with E-state index in [9.17, 15) is 14.7 Å². The van der Waals surface area contributed by atoms with Crippen molar-refractivity contribution in [2.24, 2.45) is 0 Å². The van der Waals surface area contributed by atoms with Crippen LogP contribution < -0.4 is 14.4 Å². The van der Waals surface area contributed by atoms with Crippen LogP contribution in [0.3, 0.4) is 0 Å². The molecule has 2 aromatic rings. The monoisotopic (exact) mass is 447 g/mol. The summed E-state index contributed by atoms with van der Waals surface area (Å²) >= 11 is 3.39. The topological polar surface area (TPSA) is 76.1 Å². The van der Waals surface area contributed by atoms with Crippen LogP contribution in [0, 0.1) is 0 Å². The van der Waals surface area contributed by atoms with Crippen LogP contribution >= 0.6 is 15.9 Å². The minimum absolute atomic E-state index is 0.337. The van der Waals surface area contributed by atoms with E-state index >= 15 is 0 Å². The van der Waals surface area contributed by atoms with Gasteiger partial charge < -0.3 is 19.5 Å². The van der Waals surface area contributed by atoms with Gasteiger partial charge in [0.15, 0.2) is 22.9 Å². The summed E-state index contributed by atoms with van der Waals surface area (Å²) in [5, 5.41) is 11.3. The van der Waals surface area contributed by atoms with Crippen LogP contribution in [0.2, 0.25) is 0 Å². The first kappa shape index (κ1) is 20.4. The maximum atomic E-state index is 13.0. The van der Waals surface area contributed by atoms with E-state index in [2.05, 4.69) is 15.9 Å². The second kappa shape index (κ2) is 7.93. The van der Waals surface area contributed by atoms with Crippen molar-refractivity contribution in [3.8, 4) is 11.5 Å². The van der Waals surface area contributed by atoms with Crippen molar-refractivity contribution >= 4 is 33.3 Å². The summed E-state index contributed by atoms with van der Waals surface area (Å²) in [6.45, 7) is 2.43. The highest BCUT2D eigenvalue weighted by Gasteiger charge is 2.50. The van der Waals surface area contributed by atoms with Crippen LogP contribution in [0.25, 0.3) is 0 Å². The fourth-order valence-corrected chi connectivity index (χ4v) is 3.84. The Morgan fingerprint density at radius 3 is 2.50 bits per heavy atom. The Labute approximate surface area is 172 Å². The van der Waals surface area contributed by atoms with Crippen molar-refractivity contribution in [2.45, 2.75) is 25.4 Å². The summed E-state index contributed by atoms with van der Waals surface area (Å²) in [7, 11) is 2.99. The molecule has 0 unspecified atom stereocenters. The van der Waals surface area contributed by atoms with E-state index in [-0.39, 0.29) is 12.2 Å². The molecule has 3 rings (SSSR count). The molecular weight excluding hydrogens is 426 g/mol. The molecule has 0 aliphatic carbocycles. The lowest BCUT2D eigenvalue weighted by Crippen LogP contribution is -2.42. The van der Waals surface area contributed by atoms with E-state index in [0.29, 0.717) is 34.9 Å². The van der Waals surface area contributed by atoms with Crippen molar-refractivity contribution in [3.63, 3.8) is 0 Å².